The van der Waals surface area contributed by atoms with Gasteiger partial charge in [0.2, 0.25) is 0 Å². The van der Waals surface area contributed by atoms with E-state index in [1.165, 1.54) is 22.7 Å². The van der Waals surface area contributed by atoms with E-state index in [0.29, 0.717) is 28.5 Å². The second-order valence-electron chi connectivity index (χ2n) is 6.88. The summed E-state index contributed by atoms with van der Waals surface area (Å²) in [4.78, 5) is 30.3. The van der Waals surface area contributed by atoms with Crippen LogP contribution in [0.15, 0.2) is 35.2 Å². The summed E-state index contributed by atoms with van der Waals surface area (Å²) in [7, 11) is 0. The molecule has 3 aromatic rings. The lowest BCUT2D eigenvalue weighted by molar-refractivity contribution is 0.100. The fourth-order valence-corrected chi connectivity index (χ4v) is 5.29. The molecule has 0 saturated heterocycles. The Hall–Kier alpha value is -2.71. The second-order valence-corrected chi connectivity index (χ2v) is 8.71. The molecule has 8 heteroatoms. The van der Waals surface area contributed by atoms with Crippen LogP contribution in [0.3, 0.4) is 0 Å². The van der Waals surface area contributed by atoms with Crippen LogP contribution in [0.5, 0.6) is 5.75 Å². The fourth-order valence-electron chi connectivity index (χ4n) is 3.46. The molecule has 0 unspecified atom stereocenters. The van der Waals surface area contributed by atoms with Gasteiger partial charge in [0.15, 0.2) is 0 Å². The van der Waals surface area contributed by atoms with Gasteiger partial charge in [0, 0.05) is 15.8 Å². The van der Waals surface area contributed by atoms with Crippen molar-refractivity contribution in [1.82, 2.24) is 4.98 Å². The molecule has 4 rings (SSSR count). The standard InChI is InChI=1S/C21H21N3O3S2/c22-19(25)18-16-7-2-1-3-8-17(16)29-21(18)24-20(26)13-5-4-6-15(9-13)27-10-14-11-28-12-23-14/h4-6,9,11-12H,1-3,7-8,10H2,(H2,22,25)(H,24,26). The molecule has 150 valence electrons. The molecule has 0 fully saturated rings. The number of thiophene rings is 1. The fraction of sp³-hybridized carbons (Fsp3) is 0.286. The molecule has 2 aromatic heterocycles. The zero-order chi connectivity index (χ0) is 20.2. The van der Waals surface area contributed by atoms with Crippen molar-refractivity contribution in [3.8, 4) is 5.75 Å². The Balaban J connectivity index is 1.52. The summed E-state index contributed by atoms with van der Waals surface area (Å²) in [6.07, 6.45) is 5.04. The molecule has 3 N–H and O–H groups in total. The predicted octanol–water partition coefficient (Wildman–Crippen LogP) is 4.40. The minimum absolute atomic E-state index is 0.289. The smallest absolute Gasteiger partial charge is 0.256 e. The molecule has 0 atom stereocenters. The zero-order valence-electron chi connectivity index (χ0n) is 15.8. The maximum absolute atomic E-state index is 12.8. The summed E-state index contributed by atoms with van der Waals surface area (Å²) in [6, 6.07) is 6.97. The summed E-state index contributed by atoms with van der Waals surface area (Å²) in [5.41, 5.74) is 10.2. The van der Waals surface area contributed by atoms with Crippen molar-refractivity contribution >= 4 is 39.5 Å². The van der Waals surface area contributed by atoms with Gasteiger partial charge in [0.25, 0.3) is 11.8 Å². The first-order chi connectivity index (χ1) is 14.1. The lowest BCUT2D eigenvalue weighted by Gasteiger charge is -2.08. The molecule has 2 amide bonds. The number of ether oxygens (including phenoxy) is 1. The van der Waals surface area contributed by atoms with Gasteiger partial charge in [-0.05, 0) is 49.4 Å². The summed E-state index contributed by atoms with van der Waals surface area (Å²) in [5.74, 6) is -0.189. The number of rotatable bonds is 6. The van der Waals surface area contributed by atoms with Crippen LogP contribution in [0.25, 0.3) is 0 Å². The van der Waals surface area contributed by atoms with E-state index < -0.39 is 5.91 Å². The number of thiazole rings is 1. The van der Waals surface area contributed by atoms with Crippen LogP contribution in [-0.4, -0.2) is 16.8 Å². The number of anilines is 1. The molecule has 0 saturated carbocycles. The number of nitrogens with zero attached hydrogens (tertiary/aromatic N) is 1. The number of primary amides is 1. The number of benzene rings is 1. The molecule has 1 aliphatic rings. The van der Waals surface area contributed by atoms with Gasteiger partial charge in [0.05, 0.1) is 16.8 Å². The van der Waals surface area contributed by atoms with Gasteiger partial charge in [-0.15, -0.1) is 22.7 Å². The van der Waals surface area contributed by atoms with Crippen molar-refractivity contribution in [2.24, 2.45) is 5.73 Å². The number of carbonyl (C=O) groups is 2. The monoisotopic (exact) mass is 427 g/mol. The second kappa shape index (κ2) is 8.75. The third kappa shape index (κ3) is 4.49. The first-order valence-electron chi connectivity index (χ1n) is 9.47. The highest BCUT2D eigenvalue weighted by Crippen LogP contribution is 2.37. The average molecular weight is 428 g/mol. The van der Waals surface area contributed by atoms with E-state index in [0.717, 1.165) is 48.2 Å². The topological polar surface area (TPSA) is 94.3 Å². The van der Waals surface area contributed by atoms with Gasteiger partial charge in [0.1, 0.15) is 17.4 Å². The molecule has 0 aliphatic heterocycles. The molecular formula is C21H21N3O3S2. The van der Waals surface area contributed by atoms with E-state index in [1.807, 2.05) is 5.38 Å². The largest absolute Gasteiger partial charge is 0.487 e. The first kappa shape index (κ1) is 19.6. The van der Waals surface area contributed by atoms with E-state index in [4.69, 9.17) is 10.5 Å². The minimum atomic E-state index is -0.486. The Kier molecular flexibility index (Phi) is 5.92. The number of nitrogens with two attached hydrogens (primary N) is 1. The SMILES string of the molecule is NC(=O)c1c(NC(=O)c2cccc(OCc3cscn3)c2)sc2c1CCCCC2. The number of aryl methyl sites for hydroxylation is 1. The van der Waals surface area contributed by atoms with Gasteiger partial charge in [-0.1, -0.05) is 12.5 Å². The maximum atomic E-state index is 12.8. The molecule has 2 heterocycles. The van der Waals surface area contributed by atoms with Crippen molar-refractivity contribution in [3.05, 3.63) is 62.4 Å². The minimum Gasteiger partial charge on any atom is -0.487 e. The lowest BCUT2D eigenvalue weighted by atomic mass is 10.1. The molecular weight excluding hydrogens is 406 g/mol. The van der Waals surface area contributed by atoms with Crippen LogP contribution in [0.4, 0.5) is 5.00 Å². The third-order valence-electron chi connectivity index (χ3n) is 4.86. The Morgan fingerprint density at radius 2 is 2.07 bits per heavy atom. The number of amides is 2. The van der Waals surface area contributed by atoms with Crippen LogP contribution in [-0.2, 0) is 19.4 Å². The van der Waals surface area contributed by atoms with Gasteiger partial charge in [-0.3, -0.25) is 9.59 Å². The highest BCUT2D eigenvalue weighted by atomic mass is 32.1. The maximum Gasteiger partial charge on any atom is 0.256 e. The van der Waals surface area contributed by atoms with Crippen LogP contribution in [0.1, 0.15) is 56.1 Å². The quantitative estimate of drug-likeness (QED) is 0.570. The number of hydrogen-bond donors (Lipinski definition) is 2. The molecule has 0 spiro atoms. The number of aromatic nitrogens is 1. The molecule has 0 radical (unpaired) electrons. The van der Waals surface area contributed by atoms with Gasteiger partial charge < -0.3 is 15.8 Å². The predicted molar refractivity (Wildman–Crippen MR) is 115 cm³/mol. The summed E-state index contributed by atoms with van der Waals surface area (Å²) in [6.45, 7) is 0.345. The Bertz CT molecular complexity index is 1030. The van der Waals surface area contributed by atoms with E-state index >= 15 is 0 Å². The summed E-state index contributed by atoms with van der Waals surface area (Å²) in [5, 5.41) is 5.36. The van der Waals surface area contributed by atoms with Crippen molar-refractivity contribution in [2.45, 2.75) is 38.7 Å². The molecule has 0 bridgehead atoms. The normalized spacial score (nSPS) is 13.4. The van der Waals surface area contributed by atoms with E-state index in [2.05, 4.69) is 10.3 Å². The highest BCUT2D eigenvalue weighted by molar-refractivity contribution is 7.17. The van der Waals surface area contributed by atoms with Gasteiger partial charge in [-0.25, -0.2) is 4.98 Å². The van der Waals surface area contributed by atoms with Gasteiger partial charge in [-0.2, -0.15) is 0 Å². The Morgan fingerprint density at radius 1 is 1.21 bits per heavy atom. The lowest BCUT2D eigenvalue weighted by Crippen LogP contribution is -2.18. The van der Waals surface area contributed by atoms with E-state index in [1.54, 1.807) is 29.8 Å². The highest BCUT2D eigenvalue weighted by Gasteiger charge is 2.24. The zero-order valence-corrected chi connectivity index (χ0v) is 17.4. The summed E-state index contributed by atoms with van der Waals surface area (Å²) >= 11 is 2.98. The van der Waals surface area contributed by atoms with Crippen LogP contribution in [0.2, 0.25) is 0 Å². The molecule has 6 nitrogen and oxygen atoms in total. The van der Waals surface area contributed by atoms with Crippen molar-refractivity contribution < 1.29 is 14.3 Å². The van der Waals surface area contributed by atoms with E-state index in [-0.39, 0.29) is 5.91 Å². The van der Waals surface area contributed by atoms with Crippen molar-refractivity contribution in [3.63, 3.8) is 0 Å². The van der Waals surface area contributed by atoms with Crippen molar-refractivity contribution in [1.29, 1.82) is 0 Å². The van der Waals surface area contributed by atoms with E-state index in [9.17, 15) is 9.59 Å². The van der Waals surface area contributed by atoms with Crippen molar-refractivity contribution in [2.75, 3.05) is 5.32 Å². The number of carbonyl (C=O) groups excluding carboxylic acids is 2. The molecule has 1 aliphatic carbocycles. The average Bonchev–Trinajstić information content (AvgIpc) is 3.29. The molecule has 29 heavy (non-hydrogen) atoms. The van der Waals surface area contributed by atoms with Crippen LogP contribution < -0.4 is 15.8 Å². The van der Waals surface area contributed by atoms with Crippen LogP contribution >= 0.6 is 22.7 Å². The Labute approximate surface area is 176 Å². The number of fused-ring (bicyclic) bond motifs is 1. The third-order valence-corrected chi connectivity index (χ3v) is 6.70. The molecule has 1 aromatic carbocycles. The Morgan fingerprint density at radius 3 is 2.86 bits per heavy atom. The summed E-state index contributed by atoms with van der Waals surface area (Å²) < 4.78 is 5.73. The van der Waals surface area contributed by atoms with Gasteiger partial charge >= 0.3 is 0 Å². The number of nitrogens with one attached hydrogen (secondary N) is 1. The first-order valence-corrected chi connectivity index (χ1v) is 11.2. The van der Waals surface area contributed by atoms with Crippen LogP contribution in [0, 0.1) is 0 Å². The number of hydrogen-bond acceptors (Lipinski definition) is 6.